The zero-order chi connectivity index (χ0) is 18.5. The van der Waals surface area contributed by atoms with E-state index in [1.807, 2.05) is 0 Å². The maximum absolute atomic E-state index is 4.22. The number of nitrogens with zero attached hydrogens (tertiary/aromatic N) is 1. The monoisotopic (exact) mass is 336 g/mol. The minimum Gasteiger partial charge on any atom is -0.370 e. The van der Waals surface area contributed by atoms with Crippen molar-refractivity contribution < 1.29 is 0 Å². The van der Waals surface area contributed by atoms with Crippen LogP contribution in [0, 0.1) is 11.8 Å². The second-order valence-corrected chi connectivity index (χ2v) is 8.00. The van der Waals surface area contributed by atoms with Gasteiger partial charge in [0.05, 0.1) is 5.82 Å². The summed E-state index contributed by atoms with van der Waals surface area (Å²) in [6.07, 6.45) is 12.4. The summed E-state index contributed by atoms with van der Waals surface area (Å²) in [6, 6.07) is 0.978. The average Bonchev–Trinajstić information content (AvgIpc) is 2.52. The van der Waals surface area contributed by atoms with Crippen molar-refractivity contribution in [2.24, 2.45) is 11.8 Å². The molecule has 0 aromatic rings. The Morgan fingerprint density at radius 1 is 1.04 bits per heavy atom. The van der Waals surface area contributed by atoms with Crippen molar-refractivity contribution in [2.75, 3.05) is 7.05 Å². The zero-order valence-electron chi connectivity index (χ0n) is 17.4. The molecular formula is C22H44N2. The molecule has 0 rings (SSSR count). The Balaban J connectivity index is 4.16. The van der Waals surface area contributed by atoms with Crippen molar-refractivity contribution in [3.63, 3.8) is 0 Å². The van der Waals surface area contributed by atoms with E-state index in [1.54, 1.807) is 0 Å². The molecule has 0 saturated carbocycles. The Morgan fingerprint density at radius 3 is 2.21 bits per heavy atom. The third kappa shape index (κ3) is 10.8. The summed E-state index contributed by atoms with van der Waals surface area (Å²) < 4.78 is 0. The van der Waals surface area contributed by atoms with Crippen LogP contribution in [0.2, 0.25) is 0 Å². The fraction of sp³-hybridized carbons (Fsp3) is 0.818. The van der Waals surface area contributed by atoms with Crippen LogP contribution in [-0.2, 0) is 0 Å². The van der Waals surface area contributed by atoms with E-state index < -0.39 is 0 Å². The van der Waals surface area contributed by atoms with Crippen LogP contribution in [0.15, 0.2) is 25.1 Å². The Kier molecular flexibility index (Phi) is 12.9. The van der Waals surface area contributed by atoms with Crippen LogP contribution in [0.5, 0.6) is 0 Å². The fourth-order valence-electron chi connectivity index (χ4n) is 3.22. The first-order valence-corrected chi connectivity index (χ1v) is 10.1. The molecule has 3 unspecified atom stereocenters. The molecule has 0 amide bonds. The standard InChI is InChI=1S/C22H44N2/c1-9-14-19(5)23-21(7)24(8)20(6)17-22(10-2)16-13-11-12-15-18(3)4/h10,18-20,22-23H,2,7,9,11-17H2,1,3-6,8H3. The van der Waals surface area contributed by atoms with Gasteiger partial charge < -0.3 is 10.2 Å². The van der Waals surface area contributed by atoms with Crippen LogP contribution >= 0.6 is 0 Å². The van der Waals surface area contributed by atoms with Gasteiger partial charge in [0, 0.05) is 19.1 Å². The molecule has 0 saturated heterocycles. The van der Waals surface area contributed by atoms with Gasteiger partial charge in [-0.15, -0.1) is 6.58 Å². The maximum Gasteiger partial charge on any atom is 0.0940 e. The smallest absolute Gasteiger partial charge is 0.0940 e. The average molecular weight is 337 g/mol. The summed E-state index contributed by atoms with van der Waals surface area (Å²) in [5, 5.41) is 3.53. The second-order valence-electron chi connectivity index (χ2n) is 8.00. The van der Waals surface area contributed by atoms with Crippen LogP contribution in [0.25, 0.3) is 0 Å². The summed E-state index contributed by atoms with van der Waals surface area (Å²) in [6.45, 7) is 19.7. The van der Waals surface area contributed by atoms with Gasteiger partial charge in [-0.2, -0.15) is 0 Å². The lowest BCUT2D eigenvalue weighted by Crippen LogP contribution is -2.38. The minimum atomic E-state index is 0.484. The molecule has 0 aromatic carbocycles. The van der Waals surface area contributed by atoms with Gasteiger partial charge in [-0.1, -0.05) is 65.5 Å². The lowest BCUT2D eigenvalue weighted by atomic mass is 9.93. The van der Waals surface area contributed by atoms with Gasteiger partial charge in [0.2, 0.25) is 0 Å². The van der Waals surface area contributed by atoms with Crippen LogP contribution in [-0.4, -0.2) is 24.0 Å². The molecule has 0 aliphatic carbocycles. The highest BCUT2D eigenvalue weighted by atomic mass is 15.2. The van der Waals surface area contributed by atoms with E-state index >= 15 is 0 Å². The minimum absolute atomic E-state index is 0.484. The topological polar surface area (TPSA) is 15.3 Å². The SMILES string of the molecule is C=CC(CCCCCC(C)C)CC(C)N(C)C(=C)NC(C)CCC. The van der Waals surface area contributed by atoms with Crippen LogP contribution in [0.4, 0.5) is 0 Å². The van der Waals surface area contributed by atoms with E-state index in [4.69, 9.17) is 0 Å². The predicted molar refractivity (Wildman–Crippen MR) is 110 cm³/mol. The fourth-order valence-corrected chi connectivity index (χ4v) is 3.22. The number of rotatable bonds is 15. The summed E-state index contributed by atoms with van der Waals surface area (Å²) in [4.78, 5) is 2.29. The first kappa shape index (κ1) is 23.1. The van der Waals surface area contributed by atoms with E-state index in [0.717, 1.165) is 18.2 Å². The highest BCUT2D eigenvalue weighted by Gasteiger charge is 2.16. The van der Waals surface area contributed by atoms with E-state index in [9.17, 15) is 0 Å². The van der Waals surface area contributed by atoms with Crippen molar-refractivity contribution in [1.29, 1.82) is 0 Å². The van der Waals surface area contributed by atoms with Crippen molar-refractivity contribution in [3.05, 3.63) is 25.1 Å². The summed E-state index contributed by atoms with van der Waals surface area (Å²) in [7, 11) is 2.15. The Labute approximate surface area is 152 Å². The molecule has 2 heteroatoms. The molecule has 1 N–H and O–H groups in total. The van der Waals surface area contributed by atoms with Gasteiger partial charge in [-0.25, -0.2) is 0 Å². The van der Waals surface area contributed by atoms with Crippen LogP contribution in [0.3, 0.4) is 0 Å². The lowest BCUT2D eigenvalue weighted by molar-refractivity contribution is 0.256. The number of allylic oxidation sites excluding steroid dienone is 1. The maximum atomic E-state index is 4.22. The number of nitrogens with one attached hydrogen (secondary N) is 1. The normalized spacial score (nSPS) is 15.0. The zero-order valence-corrected chi connectivity index (χ0v) is 17.4. The summed E-state index contributed by atoms with van der Waals surface area (Å²) in [5.74, 6) is 2.49. The first-order valence-electron chi connectivity index (χ1n) is 10.1. The van der Waals surface area contributed by atoms with Crippen molar-refractivity contribution in [2.45, 2.75) is 98.1 Å². The third-order valence-corrected chi connectivity index (χ3v) is 5.06. The molecule has 0 fully saturated rings. The molecule has 142 valence electrons. The van der Waals surface area contributed by atoms with Gasteiger partial charge in [-0.3, -0.25) is 0 Å². The largest absolute Gasteiger partial charge is 0.370 e. The highest BCUT2D eigenvalue weighted by Crippen LogP contribution is 2.21. The molecule has 0 aromatic heterocycles. The summed E-state index contributed by atoms with van der Waals surface area (Å²) >= 11 is 0. The van der Waals surface area contributed by atoms with Gasteiger partial charge in [0.15, 0.2) is 0 Å². The van der Waals surface area contributed by atoms with E-state index in [1.165, 1.54) is 44.9 Å². The molecule has 0 aliphatic heterocycles. The lowest BCUT2D eigenvalue weighted by Gasteiger charge is -2.32. The molecule has 3 atom stereocenters. The molecule has 2 nitrogen and oxygen atoms in total. The third-order valence-electron chi connectivity index (χ3n) is 5.06. The Bertz CT molecular complexity index is 335. The molecular weight excluding hydrogens is 292 g/mol. The predicted octanol–water partition coefficient (Wildman–Crippen LogP) is 6.35. The Hall–Kier alpha value is -0.920. The highest BCUT2D eigenvalue weighted by molar-refractivity contribution is 4.95. The quantitative estimate of drug-likeness (QED) is 0.277. The first-order chi connectivity index (χ1) is 11.3. The molecule has 0 radical (unpaired) electrons. The molecule has 0 bridgehead atoms. The number of unbranched alkanes of at least 4 members (excludes halogenated alkanes) is 2. The van der Waals surface area contributed by atoms with Crippen LogP contribution in [0.1, 0.15) is 86.0 Å². The molecule has 24 heavy (non-hydrogen) atoms. The van der Waals surface area contributed by atoms with Crippen molar-refractivity contribution in [3.8, 4) is 0 Å². The van der Waals surface area contributed by atoms with E-state index in [2.05, 4.69) is 71.1 Å². The van der Waals surface area contributed by atoms with E-state index in [-0.39, 0.29) is 0 Å². The van der Waals surface area contributed by atoms with Crippen LogP contribution < -0.4 is 5.32 Å². The Morgan fingerprint density at radius 2 is 1.67 bits per heavy atom. The molecule has 0 heterocycles. The molecule has 0 spiro atoms. The van der Waals surface area contributed by atoms with Crippen molar-refractivity contribution >= 4 is 0 Å². The van der Waals surface area contributed by atoms with Gasteiger partial charge in [0.1, 0.15) is 0 Å². The molecule has 0 aliphatic rings. The van der Waals surface area contributed by atoms with Gasteiger partial charge in [0.25, 0.3) is 0 Å². The second kappa shape index (κ2) is 13.4. The number of hydrogen-bond donors (Lipinski definition) is 1. The summed E-state index contributed by atoms with van der Waals surface area (Å²) in [5.41, 5.74) is 0. The van der Waals surface area contributed by atoms with Gasteiger partial charge >= 0.3 is 0 Å². The number of hydrogen-bond acceptors (Lipinski definition) is 2. The van der Waals surface area contributed by atoms with Gasteiger partial charge in [-0.05, 0) is 44.9 Å². The van der Waals surface area contributed by atoms with E-state index in [0.29, 0.717) is 18.0 Å². The van der Waals surface area contributed by atoms with Crippen molar-refractivity contribution in [1.82, 2.24) is 10.2 Å².